The van der Waals surface area contributed by atoms with E-state index in [1.807, 2.05) is 18.2 Å². The van der Waals surface area contributed by atoms with Crippen molar-refractivity contribution in [1.29, 1.82) is 0 Å². The van der Waals surface area contributed by atoms with Crippen molar-refractivity contribution < 1.29 is 14.6 Å². The molecule has 0 aromatic heterocycles. The molecule has 3 heteroatoms. The Morgan fingerprint density at radius 3 is 2.62 bits per heavy atom. The van der Waals surface area contributed by atoms with Crippen molar-refractivity contribution in [3.63, 3.8) is 0 Å². The Morgan fingerprint density at radius 1 is 1.10 bits per heavy atom. The SMILES string of the molecule is COc1ccc2c(c1)OC(c1ccc(C)c(C)c1)C[C@@H]2O. The molecule has 1 N–H and O–H groups in total. The maximum Gasteiger partial charge on any atom is 0.129 e. The van der Waals surface area contributed by atoms with Crippen LogP contribution in [0.5, 0.6) is 11.5 Å². The molecular formula is C18H20O3. The molecule has 1 aliphatic heterocycles. The smallest absolute Gasteiger partial charge is 0.129 e. The molecule has 0 fully saturated rings. The van der Waals surface area contributed by atoms with Crippen molar-refractivity contribution in [3.8, 4) is 11.5 Å². The third-order valence-electron chi connectivity index (χ3n) is 4.19. The molecule has 0 radical (unpaired) electrons. The molecule has 2 aromatic carbocycles. The molecular weight excluding hydrogens is 264 g/mol. The van der Waals surface area contributed by atoms with Gasteiger partial charge in [0.2, 0.25) is 0 Å². The average Bonchev–Trinajstić information content (AvgIpc) is 2.49. The third kappa shape index (κ3) is 2.61. The van der Waals surface area contributed by atoms with E-state index in [9.17, 15) is 5.11 Å². The van der Waals surface area contributed by atoms with Crippen LogP contribution in [-0.2, 0) is 0 Å². The lowest BCUT2D eigenvalue weighted by molar-refractivity contribution is 0.0654. The molecule has 1 aliphatic rings. The lowest BCUT2D eigenvalue weighted by Gasteiger charge is -2.30. The molecule has 3 nitrogen and oxygen atoms in total. The Kier molecular flexibility index (Phi) is 3.60. The van der Waals surface area contributed by atoms with Crippen molar-refractivity contribution in [1.82, 2.24) is 0 Å². The van der Waals surface area contributed by atoms with Crippen molar-refractivity contribution >= 4 is 0 Å². The van der Waals surface area contributed by atoms with Gasteiger partial charge < -0.3 is 14.6 Å². The highest BCUT2D eigenvalue weighted by Crippen LogP contribution is 2.42. The first-order chi connectivity index (χ1) is 10.1. The van der Waals surface area contributed by atoms with E-state index in [1.54, 1.807) is 7.11 Å². The minimum atomic E-state index is -0.508. The molecule has 0 aliphatic carbocycles. The summed E-state index contributed by atoms with van der Waals surface area (Å²) >= 11 is 0. The van der Waals surface area contributed by atoms with Gasteiger partial charge in [0.05, 0.1) is 13.2 Å². The maximum atomic E-state index is 10.4. The van der Waals surface area contributed by atoms with E-state index >= 15 is 0 Å². The van der Waals surface area contributed by atoms with Crippen LogP contribution in [0.3, 0.4) is 0 Å². The zero-order chi connectivity index (χ0) is 15.0. The van der Waals surface area contributed by atoms with Crippen LogP contribution in [0.1, 0.15) is 40.9 Å². The molecule has 1 unspecified atom stereocenters. The van der Waals surface area contributed by atoms with Crippen LogP contribution in [0.4, 0.5) is 0 Å². The van der Waals surface area contributed by atoms with E-state index < -0.39 is 6.10 Å². The molecule has 0 saturated carbocycles. The van der Waals surface area contributed by atoms with Gasteiger partial charge in [-0.15, -0.1) is 0 Å². The Labute approximate surface area is 125 Å². The van der Waals surface area contributed by atoms with Crippen LogP contribution >= 0.6 is 0 Å². The largest absolute Gasteiger partial charge is 0.497 e. The van der Waals surface area contributed by atoms with Crippen LogP contribution in [-0.4, -0.2) is 12.2 Å². The number of hydrogen-bond acceptors (Lipinski definition) is 3. The average molecular weight is 284 g/mol. The van der Waals surface area contributed by atoms with Crippen LogP contribution in [0, 0.1) is 13.8 Å². The van der Waals surface area contributed by atoms with Crippen molar-refractivity contribution in [3.05, 3.63) is 58.7 Å². The summed E-state index contributed by atoms with van der Waals surface area (Å²) in [6, 6.07) is 11.9. The monoisotopic (exact) mass is 284 g/mol. The number of methoxy groups -OCH3 is 1. The van der Waals surface area contributed by atoms with E-state index in [0.29, 0.717) is 12.2 Å². The topological polar surface area (TPSA) is 38.7 Å². The molecule has 0 amide bonds. The first kappa shape index (κ1) is 14.0. The fourth-order valence-electron chi connectivity index (χ4n) is 2.72. The molecule has 1 heterocycles. The Balaban J connectivity index is 1.94. The van der Waals surface area contributed by atoms with Gasteiger partial charge in [-0.05, 0) is 42.7 Å². The number of fused-ring (bicyclic) bond motifs is 1. The van der Waals surface area contributed by atoms with Gasteiger partial charge in [0.1, 0.15) is 17.6 Å². The van der Waals surface area contributed by atoms with Crippen molar-refractivity contribution in [2.75, 3.05) is 7.11 Å². The van der Waals surface area contributed by atoms with Crippen LogP contribution in [0.25, 0.3) is 0 Å². The highest BCUT2D eigenvalue weighted by atomic mass is 16.5. The van der Waals surface area contributed by atoms with Crippen LogP contribution in [0.2, 0.25) is 0 Å². The maximum absolute atomic E-state index is 10.4. The van der Waals surface area contributed by atoms with E-state index in [4.69, 9.17) is 9.47 Å². The number of benzene rings is 2. The van der Waals surface area contributed by atoms with Gasteiger partial charge in [-0.25, -0.2) is 0 Å². The molecule has 110 valence electrons. The first-order valence-electron chi connectivity index (χ1n) is 7.18. The van der Waals surface area contributed by atoms with Crippen molar-refractivity contribution in [2.24, 2.45) is 0 Å². The normalized spacial score (nSPS) is 20.6. The number of aryl methyl sites for hydroxylation is 2. The molecule has 0 bridgehead atoms. The van der Waals surface area contributed by atoms with E-state index in [2.05, 4.69) is 32.0 Å². The molecule has 3 rings (SSSR count). The van der Waals surface area contributed by atoms with E-state index in [0.717, 1.165) is 16.9 Å². The van der Waals surface area contributed by atoms with Gasteiger partial charge in [-0.3, -0.25) is 0 Å². The van der Waals surface area contributed by atoms with Crippen molar-refractivity contribution in [2.45, 2.75) is 32.5 Å². The summed E-state index contributed by atoms with van der Waals surface area (Å²) in [4.78, 5) is 0. The van der Waals surface area contributed by atoms with Crippen LogP contribution < -0.4 is 9.47 Å². The highest BCUT2D eigenvalue weighted by molar-refractivity contribution is 5.44. The summed E-state index contributed by atoms with van der Waals surface area (Å²) in [5.74, 6) is 1.44. The minimum Gasteiger partial charge on any atom is -0.497 e. The predicted molar refractivity (Wildman–Crippen MR) is 81.9 cm³/mol. The second-order valence-electron chi connectivity index (χ2n) is 5.61. The van der Waals surface area contributed by atoms with Gasteiger partial charge in [-0.1, -0.05) is 18.2 Å². The second-order valence-corrected chi connectivity index (χ2v) is 5.61. The fourth-order valence-corrected chi connectivity index (χ4v) is 2.72. The van der Waals surface area contributed by atoms with Gasteiger partial charge in [0, 0.05) is 18.1 Å². The first-order valence-corrected chi connectivity index (χ1v) is 7.18. The predicted octanol–water partition coefficient (Wildman–Crippen LogP) is 3.87. The number of ether oxygens (including phenoxy) is 2. The molecule has 2 atom stereocenters. The minimum absolute atomic E-state index is 0.126. The third-order valence-corrected chi connectivity index (χ3v) is 4.19. The van der Waals surface area contributed by atoms with Crippen LogP contribution in [0.15, 0.2) is 36.4 Å². The summed E-state index contributed by atoms with van der Waals surface area (Å²) in [5, 5.41) is 10.4. The van der Waals surface area contributed by atoms with Gasteiger partial charge in [0.25, 0.3) is 0 Å². The zero-order valence-electron chi connectivity index (χ0n) is 12.6. The van der Waals surface area contributed by atoms with Gasteiger partial charge in [-0.2, -0.15) is 0 Å². The Morgan fingerprint density at radius 2 is 1.90 bits per heavy atom. The summed E-state index contributed by atoms with van der Waals surface area (Å²) in [6.45, 7) is 4.19. The summed E-state index contributed by atoms with van der Waals surface area (Å²) < 4.78 is 11.3. The van der Waals surface area contributed by atoms with Gasteiger partial charge in [0.15, 0.2) is 0 Å². The summed E-state index contributed by atoms with van der Waals surface area (Å²) in [6.07, 6.45) is -0.0628. The fraction of sp³-hybridized carbons (Fsp3) is 0.333. The molecule has 0 spiro atoms. The molecule has 2 aromatic rings. The number of hydrogen-bond donors (Lipinski definition) is 1. The highest BCUT2D eigenvalue weighted by Gasteiger charge is 2.28. The Bertz CT molecular complexity index is 664. The van der Waals surface area contributed by atoms with Gasteiger partial charge >= 0.3 is 0 Å². The lowest BCUT2D eigenvalue weighted by atomic mass is 9.93. The lowest BCUT2D eigenvalue weighted by Crippen LogP contribution is -2.19. The number of aliphatic hydroxyl groups excluding tert-OH is 1. The number of aliphatic hydroxyl groups is 1. The molecule has 0 saturated heterocycles. The standard InChI is InChI=1S/C18H20O3/c1-11-4-5-13(8-12(11)2)17-10-16(19)15-7-6-14(20-3)9-18(15)21-17/h4-9,16-17,19H,10H2,1-3H3/t16-,17?/m0/s1. The zero-order valence-corrected chi connectivity index (χ0v) is 12.6. The number of rotatable bonds is 2. The Hall–Kier alpha value is -2.00. The quantitative estimate of drug-likeness (QED) is 0.910. The van der Waals surface area contributed by atoms with E-state index in [-0.39, 0.29) is 6.10 Å². The second kappa shape index (κ2) is 5.41. The van der Waals surface area contributed by atoms with E-state index in [1.165, 1.54) is 11.1 Å². The summed E-state index contributed by atoms with van der Waals surface area (Å²) in [5.41, 5.74) is 4.43. The summed E-state index contributed by atoms with van der Waals surface area (Å²) in [7, 11) is 1.63. The molecule has 21 heavy (non-hydrogen) atoms.